The summed E-state index contributed by atoms with van der Waals surface area (Å²) in [6, 6.07) is 13.2. The van der Waals surface area contributed by atoms with Crippen molar-refractivity contribution in [3.05, 3.63) is 70.5 Å². The third-order valence-corrected chi connectivity index (χ3v) is 5.05. The van der Waals surface area contributed by atoms with Gasteiger partial charge in [0.25, 0.3) is 0 Å². The number of Topliss-reactive ketones (excluding diaryl/α,β-unsaturated/α-hetero) is 1. The Bertz CT molecular complexity index is 860. The smallest absolute Gasteiger partial charge is 0.134 e. The van der Waals surface area contributed by atoms with E-state index in [2.05, 4.69) is 36.6 Å². The molecule has 3 heteroatoms. The maximum absolute atomic E-state index is 13.7. The molecule has 3 rings (SSSR count). The molecule has 0 radical (unpaired) electrons. The number of benzene rings is 2. The second kappa shape index (κ2) is 9.00. The molecule has 26 heavy (non-hydrogen) atoms. The lowest BCUT2D eigenvalue weighted by Gasteiger charge is -2.05. The van der Waals surface area contributed by atoms with Crippen LogP contribution in [0.3, 0.4) is 0 Å². The minimum absolute atomic E-state index is 0.0881. The molecule has 0 saturated carbocycles. The van der Waals surface area contributed by atoms with Crippen molar-refractivity contribution in [3.8, 4) is 0 Å². The van der Waals surface area contributed by atoms with E-state index in [1.165, 1.54) is 17.0 Å². The van der Waals surface area contributed by atoms with Crippen molar-refractivity contribution in [2.75, 3.05) is 6.26 Å². The summed E-state index contributed by atoms with van der Waals surface area (Å²) in [6.07, 6.45) is 4.50. The van der Waals surface area contributed by atoms with E-state index in [1.807, 2.05) is 26.8 Å². The summed E-state index contributed by atoms with van der Waals surface area (Å²) >= 11 is 1.71. The number of fused-ring (bicyclic) bond motifs is 1. The Labute approximate surface area is 160 Å². The van der Waals surface area contributed by atoms with E-state index in [9.17, 15) is 9.18 Å². The lowest BCUT2D eigenvalue weighted by atomic mass is 10.0. The SMILES string of the molecule is CC.CSc1ccc(/C=C2/C(C)=C(CC(C)=O)c3cc(F)ccc32)cc1. The first-order chi connectivity index (χ1) is 12.5. The maximum Gasteiger partial charge on any atom is 0.134 e. The fraction of sp³-hybridized carbons (Fsp3) is 0.261. The minimum Gasteiger partial charge on any atom is -0.300 e. The molecule has 1 aliphatic rings. The number of thioether (sulfide) groups is 1. The van der Waals surface area contributed by atoms with Crippen LogP contribution in [0.5, 0.6) is 0 Å². The predicted molar refractivity (Wildman–Crippen MR) is 112 cm³/mol. The quantitative estimate of drug-likeness (QED) is 0.547. The van der Waals surface area contributed by atoms with E-state index >= 15 is 0 Å². The van der Waals surface area contributed by atoms with E-state index in [0.29, 0.717) is 6.42 Å². The van der Waals surface area contributed by atoms with Crippen molar-refractivity contribution >= 4 is 34.8 Å². The molecule has 2 aromatic carbocycles. The first-order valence-corrected chi connectivity index (χ1v) is 10.1. The van der Waals surface area contributed by atoms with Crippen LogP contribution in [0, 0.1) is 5.82 Å². The van der Waals surface area contributed by atoms with Crippen LogP contribution >= 0.6 is 11.8 Å². The Balaban J connectivity index is 0.00000117. The van der Waals surface area contributed by atoms with Crippen LogP contribution in [0.4, 0.5) is 4.39 Å². The van der Waals surface area contributed by atoms with Gasteiger partial charge in [0.1, 0.15) is 11.6 Å². The van der Waals surface area contributed by atoms with Crippen LogP contribution < -0.4 is 0 Å². The van der Waals surface area contributed by atoms with E-state index in [0.717, 1.165) is 33.4 Å². The Morgan fingerprint density at radius 2 is 1.73 bits per heavy atom. The molecule has 0 spiro atoms. The fourth-order valence-electron chi connectivity index (χ4n) is 3.10. The Hall–Kier alpha value is -2.13. The van der Waals surface area contributed by atoms with Crippen LogP contribution in [0.1, 0.15) is 50.8 Å². The van der Waals surface area contributed by atoms with Crippen molar-refractivity contribution in [1.29, 1.82) is 0 Å². The standard InChI is InChI=1S/C21H19FOS.C2H6/c1-13(23)10-19-14(2)20(18-9-6-16(22)12-21(18)19)11-15-4-7-17(24-3)8-5-15;1-2/h4-9,11-12H,10H2,1-3H3;1-2H3/b20-11-;. The van der Waals surface area contributed by atoms with Gasteiger partial charge >= 0.3 is 0 Å². The average Bonchev–Trinajstić information content (AvgIpc) is 2.89. The predicted octanol–water partition coefficient (Wildman–Crippen LogP) is 6.88. The van der Waals surface area contributed by atoms with Crippen LogP contribution in [0.15, 0.2) is 52.9 Å². The molecule has 0 heterocycles. The molecular formula is C23H25FOS. The van der Waals surface area contributed by atoms with Gasteiger partial charge < -0.3 is 0 Å². The second-order valence-electron chi connectivity index (χ2n) is 6.00. The summed E-state index contributed by atoms with van der Waals surface area (Å²) in [7, 11) is 0. The van der Waals surface area contributed by atoms with Crippen molar-refractivity contribution in [2.45, 2.75) is 39.0 Å². The molecule has 0 unspecified atom stereocenters. The first-order valence-electron chi connectivity index (χ1n) is 8.85. The topological polar surface area (TPSA) is 17.1 Å². The van der Waals surface area contributed by atoms with E-state index in [1.54, 1.807) is 18.7 Å². The third-order valence-electron chi connectivity index (χ3n) is 4.31. The molecule has 0 aromatic heterocycles. The summed E-state index contributed by atoms with van der Waals surface area (Å²) in [5.74, 6) is -0.182. The van der Waals surface area contributed by atoms with Crippen molar-refractivity contribution in [3.63, 3.8) is 0 Å². The van der Waals surface area contributed by atoms with Gasteiger partial charge in [-0.15, -0.1) is 11.8 Å². The summed E-state index contributed by atoms with van der Waals surface area (Å²) < 4.78 is 13.7. The Morgan fingerprint density at radius 1 is 1.08 bits per heavy atom. The average molecular weight is 369 g/mol. The van der Waals surface area contributed by atoms with Crippen molar-refractivity contribution in [1.82, 2.24) is 0 Å². The number of ketones is 1. The largest absolute Gasteiger partial charge is 0.300 e. The van der Waals surface area contributed by atoms with E-state index in [4.69, 9.17) is 0 Å². The highest BCUT2D eigenvalue weighted by atomic mass is 32.2. The number of hydrogen-bond donors (Lipinski definition) is 0. The molecule has 0 fully saturated rings. The summed E-state index contributed by atoms with van der Waals surface area (Å²) in [6.45, 7) is 7.58. The number of rotatable bonds is 4. The molecule has 0 N–H and O–H groups in total. The molecule has 0 aliphatic heterocycles. The van der Waals surface area contributed by atoms with Gasteiger partial charge in [0.2, 0.25) is 0 Å². The number of hydrogen-bond acceptors (Lipinski definition) is 2. The molecule has 2 aromatic rings. The zero-order chi connectivity index (χ0) is 19.3. The van der Waals surface area contributed by atoms with Gasteiger partial charge in [0.15, 0.2) is 0 Å². The highest BCUT2D eigenvalue weighted by Crippen LogP contribution is 2.43. The minimum atomic E-state index is -0.270. The zero-order valence-electron chi connectivity index (χ0n) is 16.0. The second-order valence-corrected chi connectivity index (χ2v) is 6.88. The van der Waals surface area contributed by atoms with Gasteiger partial charge in [0, 0.05) is 11.3 Å². The van der Waals surface area contributed by atoms with Gasteiger partial charge in [-0.1, -0.05) is 32.0 Å². The Kier molecular flexibility index (Phi) is 6.98. The molecule has 0 amide bonds. The summed E-state index contributed by atoms with van der Waals surface area (Å²) in [5.41, 5.74) is 6.00. The molecule has 0 atom stereocenters. The van der Waals surface area contributed by atoms with Crippen molar-refractivity contribution < 1.29 is 9.18 Å². The maximum atomic E-state index is 13.7. The first kappa shape index (κ1) is 20.2. The van der Waals surface area contributed by atoms with Crippen LogP contribution in [0.2, 0.25) is 0 Å². The van der Waals surface area contributed by atoms with Crippen LogP contribution in [-0.4, -0.2) is 12.0 Å². The molecule has 0 saturated heterocycles. The van der Waals surface area contributed by atoms with Gasteiger partial charge in [-0.05, 0) is 83.9 Å². The highest BCUT2D eigenvalue weighted by molar-refractivity contribution is 7.98. The van der Waals surface area contributed by atoms with E-state index < -0.39 is 0 Å². The van der Waals surface area contributed by atoms with Gasteiger partial charge in [0.05, 0.1) is 0 Å². The number of halogens is 1. The monoisotopic (exact) mass is 368 g/mol. The highest BCUT2D eigenvalue weighted by Gasteiger charge is 2.24. The Morgan fingerprint density at radius 3 is 2.31 bits per heavy atom. The summed E-state index contributed by atoms with van der Waals surface area (Å²) in [5, 5.41) is 0. The molecule has 0 bridgehead atoms. The third kappa shape index (κ3) is 4.34. The normalized spacial score (nSPS) is 14.2. The fourth-order valence-corrected chi connectivity index (χ4v) is 3.51. The molecule has 1 aliphatic carbocycles. The number of allylic oxidation sites excluding steroid dienone is 3. The van der Waals surface area contributed by atoms with E-state index in [-0.39, 0.29) is 11.6 Å². The van der Waals surface area contributed by atoms with Crippen LogP contribution in [-0.2, 0) is 4.79 Å². The van der Waals surface area contributed by atoms with Gasteiger partial charge in [-0.3, -0.25) is 4.79 Å². The van der Waals surface area contributed by atoms with Crippen molar-refractivity contribution in [2.24, 2.45) is 0 Å². The van der Waals surface area contributed by atoms with Gasteiger partial charge in [-0.2, -0.15) is 0 Å². The molecule has 1 nitrogen and oxygen atoms in total. The lowest BCUT2D eigenvalue weighted by molar-refractivity contribution is -0.116. The number of carbonyl (C=O) groups is 1. The molecule has 136 valence electrons. The molecular weight excluding hydrogens is 343 g/mol. The lowest BCUT2D eigenvalue weighted by Crippen LogP contribution is -1.93. The van der Waals surface area contributed by atoms with Crippen LogP contribution in [0.25, 0.3) is 17.2 Å². The number of carbonyl (C=O) groups excluding carboxylic acids is 1. The zero-order valence-corrected chi connectivity index (χ0v) is 16.8. The van der Waals surface area contributed by atoms with Gasteiger partial charge in [-0.25, -0.2) is 4.39 Å². The summed E-state index contributed by atoms with van der Waals surface area (Å²) in [4.78, 5) is 12.8.